The minimum atomic E-state index is -0.508. The molecule has 3 nitrogen and oxygen atoms in total. The van der Waals surface area contributed by atoms with Crippen LogP contribution in [0, 0.1) is 6.92 Å². The van der Waals surface area contributed by atoms with Crippen molar-refractivity contribution in [3.05, 3.63) is 208 Å². The zero-order valence-corrected chi connectivity index (χ0v) is 40.4. The first kappa shape index (κ1) is 40.1. The summed E-state index contributed by atoms with van der Waals surface area (Å²) < 4.78 is 7.67. The molecule has 330 valence electrons. The number of hydrogen-bond donors (Lipinski definition) is 0. The Morgan fingerprint density at radius 1 is 0.500 bits per heavy atom. The topological polar surface area (TPSA) is 19.6 Å². The maximum atomic E-state index is 7.67. The lowest BCUT2D eigenvalue weighted by atomic mass is 9.42. The van der Waals surface area contributed by atoms with Gasteiger partial charge in [0.15, 0.2) is 0 Å². The molecule has 0 fully saturated rings. The van der Waals surface area contributed by atoms with Crippen LogP contribution >= 0.6 is 0 Å². The van der Waals surface area contributed by atoms with E-state index < -0.39 is 5.41 Å². The SMILES string of the molecule is Cc1cc2c3c(c1)N(c1ccc(C(C)(C)C)cc1-c1ccccc1)c1oc4cc5c(cc4c1B3N1c3ccccc3C3(c4ccccc4-c4ccccc43)c3cccc-2c31)C(C)(C)CCC5(C)C. The molecule has 3 aliphatic heterocycles. The fraction of sp³-hybridized carbons (Fsp3) is 0.219. The minimum Gasteiger partial charge on any atom is -0.440 e. The molecular formula is C64H55BN2O. The Bertz CT molecular complexity index is 3610. The van der Waals surface area contributed by atoms with Gasteiger partial charge in [-0.05, 0) is 145 Å². The molecule has 14 rings (SSSR count). The summed E-state index contributed by atoms with van der Waals surface area (Å²) in [5.74, 6) is 0.906. The van der Waals surface area contributed by atoms with E-state index in [1.165, 1.54) is 111 Å². The third-order valence-electron chi connectivity index (χ3n) is 16.9. The summed E-state index contributed by atoms with van der Waals surface area (Å²) in [6, 6.07) is 62.9. The van der Waals surface area contributed by atoms with E-state index in [0.29, 0.717) is 0 Å². The second-order valence-corrected chi connectivity index (χ2v) is 22.7. The Morgan fingerprint density at radius 2 is 1.12 bits per heavy atom. The van der Waals surface area contributed by atoms with Gasteiger partial charge < -0.3 is 9.23 Å². The molecule has 4 heteroatoms. The van der Waals surface area contributed by atoms with Crippen LogP contribution in [0.4, 0.5) is 28.6 Å². The molecule has 0 saturated heterocycles. The summed E-state index contributed by atoms with van der Waals surface area (Å²) in [7, 11) is 0. The van der Waals surface area contributed by atoms with Gasteiger partial charge in [-0.2, -0.15) is 0 Å². The van der Waals surface area contributed by atoms with Crippen LogP contribution in [0.2, 0.25) is 0 Å². The van der Waals surface area contributed by atoms with E-state index in [9.17, 15) is 0 Å². The fourth-order valence-corrected chi connectivity index (χ4v) is 13.5. The molecule has 68 heavy (non-hydrogen) atoms. The van der Waals surface area contributed by atoms with E-state index in [1.54, 1.807) is 0 Å². The highest BCUT2D eigenvalue weighted by molar-refractivity contribution is 6.95. The normalized spacial score (nSPS) is 17.0. The Balaban J connectivity index is 1.15. The molecule has 0 amide bonds. The van der Waals surface area contributed by atoms with Crippen LogP contribution in [0.25, 0.3) is 44.3 Å². The van der Waals surface area contributed by atoms with Gasteiger partial charge in [0.1, 0.15) is 5.58 Å². The average Bonchev–Trinajstić information content (AvgIpc) is 3.86. The predicted octanol–water partition coefficient (Wildman–Crippen LogP) is 15.4. The smallest absolute Gasteiger partial charge is 0.337 e. The van der Waals surface area contributed by atoms with Gasteiger partial charge in [-0.3, -0.25) is 4.90 Å². The molecule has 8 aromatic carbocycles. The lowest BCUT2D eigenvalue weighted by Crippen LogP contribution is -2.63. The first-order chi connectivity index (χ1) is 32.8. The van der Waals surface area contributed by atoms with Crippen molar-refractivity contribution in [3.63, 3.8) is 0 Å². The van der Waals surface area contributed by atoms with Gasteiger partial charge in [0, 0.05) is 39.0 Å². The van der Waals surface area contributed by atoms with Crippen LogP contribution in [0.3, 0.4) is 0 Å². The molecule has 0 N–H and O–H groups in total. The summed E-state index contributed by atoms with van der Waals surface area (Å²) in [5.41, 5.74) is 26.2. The number of furan rings is 1. The first-order valence-corrected chi connectivity index (χ1v) is 24.8. The largest absolute Gasteiger partial charge is 0.440 e. The second-order valence-electron chi connectivity index (χ2n) is 22.7. The lowest BCUT2D eigenvalue weighted by molar-refractivity contribution is 0.332. The van der Waals surface area contributed by atoms with E-state index in [2.05, 4.69) is 229 Å². The van der Waals surface area contributed by atoms with Crippen molar-refractivity contribution in [2.24, 2.45) is 0 Å². The number of benzene rings is 8. The van der Waals surface area contributed by atoms with Crippen LogP contribution in [0.15, 0.2) is 168 Å². The van der Waals surface area contributed by atoms with Crippen LogP contribution in [-0.4, -0.2) is 6.85 Å². The van der Waals surface area contributed by atoms with E-state index in [1.807, 2.05) is 0 Å². The van der Waals surface area contributed by atoms with Gasteiger partial charge in [0.2, 0.25) is 5.88 Å². The van der Waals surface area contributed by atoms with Gasteiger partial charge in [0.25, 0.3) is 0 Å². The number of anilines is 5. The van der Waals surface area contributed by atoms with Gasteiger partial charge in [-0.15, -0.1) is 0 Å². The standard InChI is InChI=1S/C64H55BN2O/c1-38-33-45-43-23-18-27-50-59(43)67(54-28-17-16-26-49(54)64(50)47-24-14-12-21-41(47)42-22-13-15-25-48(42)64)65-57(45)55(34-38)66(53-30-29-40(61(2,3)4)35-44(53)39-19-10-9-11-20-39)60-58(65)46-36-51-52(37-56(46)68-60)63(7,8)32-31-62(51,5)6/h9-30,33-37H,31-32H2,1-8H3. The molecule has 2 aliphatic carbocycles. The quantitative estimate of drug-likeness (QED) is 0.161. The van der Waals surface area contributed by atoms with Crippen molar-refractivity contribution in [3.8, 4) is 33.4 Å². The first-order valence-electron chi connectivity index (χ1n) is 24.8. The number of para-hydroxylation sites is 2. The van der Waals surface area contributed by atoms with Gasteiger partial charge in [-0.1, -0.05) is 176 Å². The number of rotatable bonds is 2. The molecule has 4 heterocycles. The molecule has 0 radical (unpaired) electrons. The monoisotopic (exact) mass is 878 g/mol. The zero-order chi connectivity index (χ0) is 46.2. The van der Waals surface area contributed by atoms with E-state index in [-0.39, 0.29) is 23.1 Å². The molecule has 0 bridgehead atoms. The summed E-state index contributed by atoms with van der Waals surface area (Å²) in [5, 5.41) is 1.21. The highest BCUT2D eigenvalue weighted by Crippen LogP contribution is 2.65. The maximum absolute atomic E-state index is 7.67. The van der Waals surface area contributed by atoms with Gasteiger partial charge >= 0.3 is 6.85 Å². The average molecular weight is 879 g/mol. The van der Waals surface area contributed by atoms with Crippen LogP contribution in [0.5, 0.6) is 0 Å². The summed E-state index contributed by atoms with van der Waals surface area (Å²) >= 11 is 0. The van der Waals surface area contributed by atoms with Crippen molar-refractivity contribution in [1.82, 2.24) is 0 Å². The highest BCUT2D eigenvalue weighted by atomic mass is 16.4. The third kappa shape index (κ3) is 5.06. The van der Waals surface area contributed by atoms with Crippen LogP contribution in [-0.2, 0) is 21.7 Å². The number of fused-ring (bicyclic) bond motifs is 16. The number of aryl methyl sites for hydroxylation is 1. The highest BCUT2D eigenvalue weighted by Gasteiger charge is 2.57. The van der Waals surface area contributed by atoms with Gasteiger partial charge in [0.05, 0.1) is 11.1 Å². The molecule has 1 aromatic heterocycles. The summed E-state index contributed by atoms with van der Waals surface area (Å²) in [6.45, 7) is 18.8. The molecule has 9 aromatic rings. The molecule has 0 unspecified atom stereocenters. The van der Waals surface area contributed by atoms with Crippen molar-refractivity contribution >= 4 is 57.4 Å². The predicted molar refractivity (Wildman–Crippen MR) is 285 cm³/mol. The molecule has 0 saturated carbocycles. The maximum Gasteiger partial charge on any atom is 0.337 e. The Labute approximate surface area is 401 Å². The van der Waals surface area contributed by atoms with Crippen molar-refractivity contribution in [2.75, 3.05) is 9.71 Å². The Kier molecular flexibility index (Phi) is 7.87. The number of nitrogens with zero attached hydrogens (tertiary/aromatic N) is 2. The lowest BCUT2D eigenvalue weighted by Gasteiger charge is -2.51. The molecule has 1 spiro atoms. The van der Waals surface area contributed by atoms with E-state index >= 15 is 0 Å². The molecule has 5 aliphatic rings. The zero-order valence-electron chi connectivity index (χ0n) is 40.4. The summed E-state index contributed by atoms with van der Waals surface area (Å²) in [6.07, 6.45) is 2.28. The van der Waals surface area contributed by atoms with E-state index in [4.69, 9.17) is 4.42 Å². The Morgan fingerprint density at radius 3 is 1.82 bits per heavy atom. The van der Waals surface area contributed by atoms with Crippen LogP contribution in [0.1, 0.15) is 106 Å². The summed E-state index contributed by atoms with van der Waals surface area (Å²) in [4.78, 5) is 5.26. The minimum absolute atomic E-state index is 0.0146. The third-order valence-corrected chi connectivity index (χ3v) is 16.9. The number of hydrogen-bond acceptors (Lipinski definition) is 3. The fourth-order valence-electron chi connectivity index (χ4n) is 13.5. The van der Waals surface area contributed by atoms with Crippen LogP contribution < -0.4 is 20.6 Å². The molecule has 0 atom stereocenters. The Hall–Kier alpha value is -7.04. The second kappa shape index (κ2) is 13.4. The van der Waals surface area contributed by atoms with Crippen molar-refractivity contribution in [2.45, 2.75) is 89.9 Å². The van der Waals surface area contributed by atoms with Crippen molar-refractivity contribution in [1.29, 1.82) is 0 Å². The van der Waals surface area contributed by atoms with Gasteiger partial charge in [-0.25, -0.2) is 0 Å². The molecular weight excluding hydrogens is 824 g/mol. The van der Waals surface area contributed by atoms with Crippen molar-refractivity contribution < 1.29 is 4.42 Å². The van der Waals surface area contributed by atoms with E-state index in [0.717, 1.165) is 30.0 Å².